The summed E-state index contributed by atoms with van der Waals surface area (Å²) in [5.74, 6) is -0.319. The third-order valence-corrected chi connectivity index (χ3v) is 6.61. The summed E-state index contributed by atoms with van der Waals surface area (Å²) in [5.41, 5.74) is 10.3. The van der Waals surface area contributed by atoms with Gasteiger partial charge in [-0.15, -0.1) is 0 Å². The largest absolute Gasteiger partial charge is 0.483 e. The van der Waals surface area contributed by atoms with E-state index in [4.69, 9.17) is 10.5 Å². The molecule has 8 heteroatoms. The fourth-order valence-corrected chi connectivity index (χ4v) is 4.80. The van der Waals surface area contributed by atoms with E-state index in [-0.39, 0.29) is 6.61 Å². The number of benzene rings is 3. The van der Waals surface area contributed by atoms with Crippen LogP contribution in [0.15, 0.2) is 66.7 Å². The van der Waals surface area contributed by atoms with Gasteiger partial charge < -0.3 is 25.5 Å². The van der Waals surface area contributed by atoms with E-state index in [1.807, 2.05) is 54.8 Å². The number of aromatic nitrogens is 1. The minimum Gasteiger partial charge on any atom is -0.483 e. The van der Waals surface area contributed by atoms with Crippen molar-refractivity contribution in [2.75, 3.05) is 18.6 Å². The van der Waals surface area contributed by atoms with Crippen molar-refractivity contribution in [3.05, 3.63) is 77.9 Å². The zero-order valence-electron chi connectivity index (χ0n) is 19.6. The van der Waals surface area contributed by atoms with Crippen LogP contribution in [-0.4, -0.2) is 46.2 Å². The van der Waals surface area contributed by atoms with E-state index < -0.39 is 17.9 Å². The van der Waals surface area contributed by atoms with Gasteiger partial charge in [0.25, 0.3) is 5.91 Å². The van der Waals surface area contributed by atoms with E-state index in [0.717, 1.165) is 27.4 Å². The molecular weight excluding hydrogens is 462 g/mol. The predicted octanol–water partition coefficient (Wildman–Crippen LogP) is 4.00. The van der Waals surface area contributed by atoms with Crippen LogP contribution >= 0.6 is 11.8 Å². The molecule has 4 aromatic rings. The number of nitrogens with zero attached hydrogens (tertiary/aromatic N) is 1. The van der Waals surface area contributed by atoms with Gasteiger partial charge in [-0.05, 0) is 47.8 Å². The van der Waals surface area contributed by atoms with E-state index in [2.05, 4.69) is 28.1 Å². The minimum atomic E-state index is -1.05. The summed E-state index contributed by atoms with van der Waals surface area (Å²) in [6.07, 6.45) is 2.25. The molecule has 1 aromatic heterocycles. The second-order valence-electron chi connectivity index (χ2n) is 8.27. The van der Waals surface area contributed by atoms with Crippen LogP contribution in [0.25, 0.3) is 21.8 Å². The van der Waals surface area contributed by atoms with Crippen molar-refractivity contribution in [3.8, 4) is 5.75 Å². The maximum atomic E-state index is 12.5. The number of hydrogen-bond donors (Lipinski definition) is 3. The monoisotopic (exact) mass is 491 g/mol. The molecule has 0 aliphatic heterocycles. The lowest BCUT2D eigenvalue weighted by molar-refractivity contribution is -0.142. The third-order valence-electron chi connectivity index (χ3n) is 5.97. The predicted molar refractivity (Wildman–Crippen MR) is 141 cm³/mol. The first-order chi connectivity index (χ1) is 17.0. The summed E-state index contributed by atoms with van der Waals surface area (Å²) in [4.78, 5) is 24.0. The molecule has 0 bridgehead atoms. The van der Waals surface area contributed by atoms with Crippen molar-refractivity contribution in [3.63, 3.8) is 0 Å². The summed E-state index contributed by atoms with van der Waals surface area (Å²) in [6, 6.07) is 21.1. The first-order valence-electron chi connectivity index (χ1n) is 11.4. The molecule has 35 heavy (non-hydrogen) atoms. The number of carboxylic acids is 1. The summed E-state index contributed by atoms with van der Waals surface area (Å²) in [7, 11) is 0. The number of amides is 1. The lowest BCUT2D eigenvalue weighted by atomic mass is 10.1. The Morgan fingerprint density at radius 1 is 1.03 bits per heavy atom. The molecule has 4 rings (SSSR count). The highest BCUT2D eigenvalue weighted by Gasteiger charge is 2.21. The number of carbonyl (C=O) groups excluding carboxylic acids is 1. The van der Waals surface area contributed by atoms with Crippen molar-refractivity contribution in [2.45, 2.75) is 25.6 Å². The van der Waals surface area contributed by atoms with Gasteiger partial charge in [-0.2, -0.15) is 11.8 Å². The van der Waals surface area contributed by atoms with E-state index in [0.29, 0.717) is 31.0 Å². The van der Waals surface area contributed by atoms with E-state index >= 15 is 0 Å². The SMILES string of the molecule is CSCC[C@H](NC(=O)COc1cccc2c1c1c(CN)cccc1n2Cc1ccccc1)C(=O)O. The number of fused-ring (bicyclic) bond motifs is 3. The van der Waals surface area contributed by atoms with Gasteiger partial charge in [0, 0.05) is 29.4 Å². The Kier molecular flexibility index (Phi) is 7.94. The number of carboxylic acid groups (broad SMARTS) is 1. The first-order valence-corrected chi connectivity index (χ1v) is 12.8. The van der Waals surface area contributed by atoms with Crippen LogP contribution in [0.1, 0.15) is 17.5 Å². The molecule has 182 valence electrons. The lowest BCUT2D eigenvalue weighted by Gasteiger charge is -2.15. The third kappa shape index (κ3) is 5.44. The summed E-state index contributed by atoms with van der Waals surface area (Å²) >= 11 is 1.53. The number of hydrogen-bond acceptors (Lipinski definition) is 5. The Morgan fingerprint density at radius 3 is 2.43 bits per heavy atom. The van der Waals surface area contributed by atoms with Crippen LogP contribution in [0.2, 0.25) is 0 Å². The molecule has 0 saturated carbocycles. The first kappa shape index (κ1) is 24.6. The van der Waals surface area contributed by atoms with Gasteiger partial charge in [-0.1, -0.05) is 48.5 Å². The average Bonchev–Trinajstić information content (AvgIpc) is 3.20. The van der Waals surface area contributed by atoms with E-state index in [1.54, 1.807) is 0 Å². The molecule has 1 heterocycles. The average molecular weight is 492 g/mol. The van der Waals surface area contributed by atoms with Crippen LogP contribution < -0.4 is 15.8 Å². The van der Waals surface area contributed by atoms with Crippen LogP contribution in [-0.2, 0) is 22.7 Å². The molecule has 3 aromatic carbocycles. The van der Waals surface area contributed by atoms with Gasteiger partial charge >= 0.3 is 5.97 Å². The van der Waals surface area contributed by atoms with Crippen LogP contribution in [0.3, 0.4) is 0 Å². The highest BCUT2D eigenvalue weighted by Crippen LogP contribution is 2.38. The van der Waals surface area contributed by atoms with Crippen LogP contribution in [0.4, 0.5) is 0 Å². The van der Waals surface area contributed by atoms with Crippen molar-refractivity contribution < 1.29 is 19.4 Å². The number of carbonyl (C=O) groups is 2. The van der Waals surface area contributed by atoms with Crippen molar-refractivity contribution in [2.24, 2.45) is 5.73 Å². The van der Waals surface area contributed by atoms with E-state index in [9.17, 15) is 14.7 Å². The zero-order chi connectivity index (χ0) is 24.8. The molecule has 0 saturated heterocycles. The van der Waals surface area contributed by atoms with E-state index in [1.165, 1.54) is 17.3 Å². The molecule has 0 fully saturated rings. The molecule has 7 nitrogen and oxygen atoms in total. The topological polar surface area (TPSA) is 107 Å². The van der Waals surface area contributed by atoms with Crippen molar-refractivity contribution >= 4 is 45.4 Å². The zero-order valence-corrected chi connectivity index (χ0v) is 20.4. The summed E-state index contributed by atoms with van der Waals surface area (Å²) in [6.45, 7) is 0.763. The minimum absolute atomic E-state index is 0.279. The van der Waals surface area contributed by atoms with Gasteiger partial charge in [0.05, 0.1) is 5.52 Å². The molecule has 4 N–H and O–H groups in total. The second kappa shape index (κ2) is 11.3. The van der Waals surface area contributed by atoms with Crippen molar-refractivity contribution in [1.29, 1.82) is 0 Å². The Balaban J connectivity index is 1.68. The Labute approximate surface area is 208 Å². The van der Waals surface area contributed by atoms with Gasteiger partial charge in [0.15, 0.2) is 6.61 Å². The standard InChI is InChI=1S/C27H29N3O4S/c1-35-14-13-20(27(32)33)29-24(31)17-34-23-12-6-11-22-26(23)25-19(15-28)9-5-10-21(25)30(22)16-18-7-3-2-4-8-18/h2-12,20H,13-17,28H2,1H3,(H,29,31)(H,32,33)/t20-/m0/s1. The lowest BCUT2D eigenvalue weighted by Crippen LogP contribution is -2.43. The van der Waals surface area contributed by atoms with Gasteiger partial charge in [0.2, 0.25) is 0 Å². The quantitative estimate of drug-likeness (QED) is 0.293. The highest BCUT2D eigenvalue weighted by molar-refractivity contribution is 7.98. The Hall–Kier alpha value is -3.49. The second-order valence-corrected chi connectivity index (χ2v) is 9.25. The number of nitrogens with two attached hydrogens (primary N) is 1. The van der Waals surface area contributed by atoms with Gasteiger partial charge in [0.1, 0.15) is 11.8 Å². The fourth-order valence-electron chi connectivity index (χ4n) is 4.32. The molecule has 0 unspecified atom stereocenters. The maximum absolute atomic E-state index is 12.5. The van der Waals surface area contributed by atoms with Crippen LogP contribution in [0, 0.1) is 0 Å². The molecule has 1 amide bonds. The molecule has 0 spiro atoms. The molecule has 0 aliphatic rings. The highest BCUT2D eigenvalue weighted by atomic mass is 32.2. The smallest absolute Gasteiger partial charge is 0.326 e. The molecule has 0 aliphatic carbocycles. The Bertz CT molecular complexity index is 1340. The maximum Gasteiger partial charge on any atom is 0.326 e. The van der Waals surface area contributed by atoms with Crippen LogP contribution in [0.5, 0.6) is 5.75 Å². The van der Waals surface area contributed by atoms with Gasteiger partial charge in [-0.3, -0.25) is 4.79 Å². The fraction of sp³-hybridized carbons (Fsp3) is 0.259. The molecular formula is C27H29N3O4S. The van der Waals surface area contributed by atoms with Crippen molar-refractivity contribution in [1.82, 2.24) is 9.88 Å². The molecule has 0 radical (unpaired) electrons. The Morgan fingerprint density at radius 2 is 1.74 bits per heavy atom. The number of rotatable bonds is 11. The normalized spacial score (nSPS) is 12.1. The number of ether oxygens (including phenoxy) is 1. The van der Waals surface area contributed by atoms with Gasteiger partial charge in [-0.25, -0.2) is 4.79 Å². The number of aliphatic carboxylic acids is 1. The molecule has 1 atom stereocenters. The number of nitrogens with one attached hydrogen (secondary N) is 1. The number of thioether (sulfide) groups is 1. The summed E-state index contributed by atoms with van der Waals surface area (Å²) < 4.78 is 8.20. The summed E-state index contributed by atoms with van der Waals surface area (Å²) in [5, 5.41) is 13.9.